The molecule has 2 aliphatic heterocycles. The normalized spacial score (nSPS) is 24.9. The molecule has 29 heavy (non-hydrogen) atoms. The number of rotatable bonds is 4. The number of hydrogen-bond acceptors (Lipinski definition) is 6. The van der Waals surface area contributed by atoms with Crippen molar-refractivity contribution in [2.75, 3.05) is 36.1 Å². The van der Waals surface area contributed by atoms with Crippen molar-refractivity contribution in [1.29, 1.82) is 0 Å². The summed E-state index contributed by atoms with van der Waals surface area (Å²) in [6.07, 6.45) is -4.77. The smallest absolute Gasteiger partial charge is 0.377 e. The molecule has 0 amide bonds. The molecule has 11 heteroatoms. The lowest BCUT2D eigenvalue weighted by molar-refractivity contribution is -0.182. The minimum atomic E-state index is -4.77. The van der Waals surface area contributed by atoms with Crippen molar-refractivity contribution in [1.82, 2.24) is 9.55 Å². The van der Waals surface area contributed by atoms with Crippen LogP contribution < -0.4 is 15.4 Å². The summed E-state index contributed by atoms with van der Waals surface area (Å²) in [5.41, 5.74) is -3.74. The zero-order valence-electron chi connectivity index (χ0n) is 16.7. The van der Waals surface area contributed by atoms with Gasteiger partial charge in [-0.25, -0.2) is 0 Å². The Labute approximate surface area is 165 Å². The third-order valence-corrected chi connectivity index (χ3v) is 5.59. The highest BCUT2D eigenvalue weighted by Gasteiger charge is 2.60. The quantitative estimate of drug-likeness (QED) is 0.694. The summed E-state index contributed by atoms with van der Waals surface area (Å²) in [7, 11) is 0. The second-order valence-electron chi connectivity index (χ2n) is 8.04. The van der Waals surface area contributed by atoms with Crippen LogP contribution in [0.5, 0.6) is 0 Å². The van der Waals surface area contributed by atoms with E-state index in [1.807, 2.05) is 0 Å². The van der Waals surface area contributed by atoms with Gasteiger partial charge in [-0.1, -0.05) is 13.8 Å². The van der Waals surface area contributed by atoms with E-state index in [4.69, 9.17) is 4.74 Å². The SMILES string of the molecule is CC(C)C(=O)CN1c2nc(N3CCOCC3C)c(F)c(=O)n2CC1(C)C(F)(F)F. The molecule has 0 bridgehead atoms. The van der Waals surface area contributed by atoms with Gasteiger partial charge in [0.05, 0.1) is 32.3 Å². The molecule has 0 saturated carbocycles. The van der Waals surface area contributed by atoms with E-state index in [2.05, 4.69) is 4.98 Å². The molecule has 3 rings (SSSR count). The Kier molecular flexibility index (Phi) is 5.39. The lowest BCUT2D eigenvalue weighted by atomic mass is 9.99. The summed E-state index contributed by atoms with van der Waals surface area (Å²) >= 11 is 0. The summed E-state index contributed by atoms with van der Waals surface area (Å²) in [6.45, 7) is 5.17. The van der Waals surface area contributed by atoms with E-state index in [0.717, 1.165) is 11.8 Å². The number of ketones is 1. The Morgan fingerprint density at radius 1 is 1.38 bits per heavy atom. The second kappa shape index (κ2) is 7.26. The van der Waals surface area contributed by atoms with Gasteiger partial charge in [-0.15, -0.1) is 0 Å². The largest absolute Gasteiger partial charge is 0.413 e. The van der Waals surface area contributed by atoms with Gasteiger partial charge in [0.1, 0.15) is 0 Å². The van der Waals surface area contributed by atoms with Gasteiger partial charge in [0.25, 0.3) is 5.56 Å². The van der Waals surface area contributed by atoms with Gasteiger partial charge in [-0.3, -0.25) is 14.2 Å². The first-order valence-electron chi connectivity index (χ1n) is 9.40. The topological polar surface area (TPSA) is 67.7 Å². The van der Waals surface area contributed by atoms with E-state index in [1.54, 1.807) is 20.8 Å². The molecule has 1 aromatic rings. The van der Waals surface area contributed by atoms with Gasteiger partial charge in [0.2, 0.25) is 11.8 Å². The molecular weight excluding hydrogens is 396 g/mol. The average Bonchev–Trinajstić information content (AvgIpc) is 2.92. The lowest BCUT2D eigenvalue weighted by Gasteiger charge is -2.37. The summed E-state index contributed by atoms with van der Waals surface area (Å²) in [5, 5.41) is 0. The number of carbonyl (C=O) groups excluding carboxylic acids is 1. The van der Waals surface area contributed by atoms with Gasteiger partial charge in [-0.2, -0.15) is 22.5 Å². The van der Waals surface area contributed by atoms with Crippen LogP contribution in [0.1, 0.15) is 27.7 Å². The number of anilines is 2. The van der Waals surface area contributed by atoms with Crippen molar-refractivity contribution >= 4 is 17.5 Å². The average molecular weight is 420 g/mol. The molecular formula is C18H24F4N4O3. The molecule has 2 unspecified atom stereocenters. The third-order valence-electron chi connectivity index (χ3n) is 5.59. The molecule has 1 aromatic heterocycles. The lowest BCUT2D eigenvalue weighted by Crippen LogP contribution is -2.57. The molecule has 1 fully saturated rings. The van der Waals surface area contributed by atoms with Crippen LogP contribution in [0.25, 0.3) is 0 Å². The number of ether oxygens (including phenoxy) is 1. The number of morpholine rings is 1. The third kappa shape index (κ3) is 3.49. The van der Waals surface area contributed by atoms with Crippen molar-refractivity contribution in [2.45, 2.75) is 52.0 Å². The fourth-order valence-corrected chi connectivity index (χ4v) is 3.53. The van der Waals surface area contributed by atoms with Crippen molar-refractivity contribution in [2.24, 2.45) is 5.92 Å². The van der Waals surface area contributed by atoms with E-state index in [9.17, 15) is 27.2 Å². The van der Waals surface area contributed by atoms with E-state index in [0.29, 0.717) is 4.57 Å². The van der Waals surface area contributed by atoms with Crippen LogP contribution in [0.2, 0.25) is 0 Å². The fourth-order valence-electron chi connectivity index (χ4n) is 3.53. The Hall–Kier alpha value is -2.17. The number of alkyl halides is 3. The van der Waals surface area contributed by atoms with Crippen molar-refractivity contribution < 1.29 is 27.1 Å². The fraction of sp³-hybridized carbons (Fsp3) is 0.722. The highest BCUT2D eigenvalue weighted by molar-refractivity contribution is 5.85. The molecule has 7 nitrogen and oxygen atoms in total. The molecule has 0 radical (unpaired) electrons. The Morgan fingerprint density at radius 3 is 2.59 bits per heavy atom. The number of fused-ring (bicyclic) bond motifs is 1. The van der Waals surface area contributed by atoms with E-state index in [1.165, 1.54) is 4.90 Å². The number of hydrogen-bond donors (Lipinski definition) is 0. The molecule has 0 aliphatic carbocycles. The second-order valence-corrected chi connectivity index (χ2v) is 8.04. The molecule has 1 saturated heterocycles. The Morgan fingerprint density at radius 2 is 2.03 bits per heavy atom. The molecule has 0 spiro atoms. The van der Waals surface area contributed by atoms with Gasteiger partial charge < -0.3 is 14.5 Å². The predicted molar refractivity (Wildman–Crippen MR) is 97.7 cm³/mol. The zero-order chi connectivity index (χ0) is 21.7. The van der Waals surface area contributed by atoms with Gasteiger partial charge in [0, 0.05) is 12.5 Å². The van der Waals surface area contributed by atoms with Crippen molar-refractivity contribution in [3.05, 3.63) is 16.2 Å². The summed E-state index contributed by atoms with van der Waals surface area (Å²) in [4.78, 5) is 31.3. The first-order valence-corrected chi connectivity index (χ1v) is 9.40. The number of halogens is 4. The number of Topliss-reactive ketones (excluding diaryl/α,β-unsaturated/α-hetero) is 1. The summed E-state index contributed by atoms with van der Waals surface area (Å²) in [5.74, 6) is -2.81. The maximum absolute atomic E-state index is 14.8. The highest BCUT2D eigenvalue weighted by atomic mass is 19.4. The first kappa shape index (κ1) is 21.5. The predicted octanol–water partition coefficient (Wildman–Crippen LogP) is 1.97. The van der Waals surface area contributed by atoms with Gasteiger partial charge in [-0.05, 0) is 13.8 Å². The zero-order valence-corrected chi connectivity index (χ0v) is 16.7. The number of carbonyl (C=O) groups is 1. The van der Waals surface area contributed by atoms with E-state index >= 15 is 0 Å². The summed E-state index contributed by atoms with van der Waals surface area (Å²) < 4.78 is 62.6. The first-order chi connectivity index (χ1) is 13.4. The van der Waals surface area contributed by atoms with E-state index < -0.39 is 47.9 Å². The minimum Gasteiger partial charge on any atom is -0.377 e. The summed E-state index contributed by atoms with van der Waals surface area (Å²) in [6, 6.07) is -0.311. The van der Waals surface area contributed by atoms with Crippen LogP contribution in [-0.2, 0) is 16.1 Å². The van der Waals surface area contributed by atoms with Crippen LogP contribution in [0.4, 0.5) is 29.3 Å². The molecule has 0 N–H and O–H groups in total. The van der Waals surface area contributed by atoms with Gasteiger partial charge in [0.15, 0.2) is 17.1 Å². The van der Waals surface area contributed by atoms with Gasteiger partial charge >= 0.3 is 6.18 Å². The maximum Gasteiger partial charge on any atom is 0.413 e. The van der Waals surface area contributed by atoms with Crippen molar-refractivity contribution in [3.8, 4) is 0 Å². The molecule has 2 aliphatic rings. The van der Waals surface area contributed by atoms with Crippen LogP contribution in [-0.4, -0.2) is 59.4 Å². The monoisotopic (exact) mass is 420 g/mol. The van der Waals surface area contributed by atoms with Crippen LogP contribution in [0.15, 0.2) is 4.79 Å². The molecule has 2 atom stereocenters. The Bertz CT molecular complexity index is 870. The standard InChI is InChI=1S/C18H24F4N4O3/c1-10(2)12(27)7-26-16-23-14(24-5-6-29-8-11(24)3)13(19)15(28)25(16)9-17(26,4)18(20,21)22/h10-11H,5-9H2,1-4H3. The highest BCUT2D eigenvalue weighted by Crippen LogP contribution is 2.43. The maximum atomic E-state index is 14.8. The van der Waals surface area contributed by atoms with Crippen LogP contribution in [0, 0.1) is 11.7 Å². The van der Waals surface area contributed by atoms with E-state index in [-0.39, 0.29) is 37.6 Å². The number of aromatic nitrogens is 2. The van der Waals surface area contributed by atoms with Crippen LogP contribution >= 0.6 is 0 Å². The van der Waals surface area contributed by atoms with Crippen LogP contribution in [0.3, 0.4) is 0 Å². The minimum absolute atomic E-state index is 0.245. The molecule has 0 aromatic carbocycles. The molecule has 3 heterocycles. The Balaban J connectivity index is 2.16. The number of nitrogens with zero attached hydrogens (tertiary/aromatic N) is 4. The van der Waals surface area contributed by atoms with Crippen molar-refractivity contribution in [3.63, 3.8) is 0 Å². The molecule has 162 valence electrons.